The lowest BCUT2D eigenvalue weighted by molar-refractivity contribution is -1.02. The molecule has 1 aliphatic heterocycles. The summed E-state index contributed by atoms with van der Waals surface area (Å²) in [6, 6.07) is 10.1. The molecule has 7 heteroatoms. The molecule has 0 radical (unpaired) electrons. The van der Waals surface area contributed by atoms with Gasteiger partial charge in [0, 0.05) is 10.6 Å². The van der Waals surface area contributed by atoms with Gasteiger partial charge in [-0.3, -0.25) is 0 Å². The number of rotatable bonds is 5. The average molecular weight is 389 g/mol. The van der Waals surface area contributed by atoms with Gasteiger partial charge in [-0.05, 0) is 32.0 Å². The molecule has 0 aliphatic carbocycles. The van der Waals surface area contributed by atoms with E-state index in [4.69, 9.17) is 20.4 Å². The van der Waals surface area contributed by atoms with Crippen LogP contribution < -0.4 is 9.80 Å². The maximum absolute atomic E-state index is 5.97. The van der Waals surface area contributed by atoms with E-state index in [1.54, 1.807) is 4.90 Å². The molecule has 1 aliphatic rings. The molecule has 3 aromatic rings. The van der Waals surface area contributed by atoms with Gasteiger partial charge in [0.2, 0.25) is 0 Å². The largest absolute Gasteiger partial charge is 0.466 e. The van der Waals surface area contributed by atoms with Crippen LogP contribution in [-0.4, -0.2) is 36.4 Å². The van der Waals surface area contributed by atoms with Crippen LogP contribution in [0, 0.1) is 13.8 Å². The number of quaternary nitrogens is 2. The van der Waals surface area contributed by atoms with Crippen molar-refractivity contribution in [3.63, 3.8) is 0 Å². The smallest absolute Gasteiger partial charge is 0.271 e. The molecular weight excluding hydrogens is 364 g/mol. The van der Waals surface area contributed by atoms with E-state index in [2.05, 4.69) is 22.3 Å². The predicted octanol–water partition coefficient (Wildman–Crippen LogP) is 1.08. The van der Waals surface area contributed by atoms with Crippen LogP contribution in [0.3, 0.4) is 0 Å². The Kier molecular flexibility index (Phi) is 5.29. The molecule has 2 aromatic heterocycles. The number of aromatic nitrogens is 2. The molecule has 1 fully saturated rings. The summed E-state index contributed by atoms with van der Waals surface area (Å²) in [6.07, 6.45) is 0. The third kappa shape index (κ3) is 4.40. The third-order valence-corrected chi connectivity index (χ3v) is 5.42. The first-order valence-corrected chi connectivity index (χ1v) is 9.76. The van der Waals surface area contributed by atoms with Gasteiger partial charge in [-0.2, -0.15) is 0 Å². The molecule has 0 amide bonds. The second-order valence-electron chi connectivity index (χ2n) is 7.31. The first kappa shape index (κ1) is 18.2. The minimum absolute atomic E-state index is 0.547. The summed E-state index contributed by atoms with van der Waals surface area (Å²) in [5.74, 6) is 2.91. The number of benzene rings is 1. The van der Waals surface area contributed by atoms with Gasteiger partial charge in [0.15, 0.2) is 6.54 Å². The minimum Gasteiger partial charge on any atom is -0.466 e. The van der Waals surface area contributed by atoms with E-state index in [1.165, 1.54) is 10.5 Å². The first-order chi connectivity index (χ1) is 13.1. The molecule has 0 saturated carbocycles. The Hall–Kier alpha value is -2.15. The highest BCUT2D eigenvalue weighted by Crippen LogP contribution is 2.25. The molecule has 4 rings (SSSR count). The summed E-state index contributed by atoms with van der Waals surface area (Å²) in [7, 11) is 0. The standard InChI is InChI=1S/C20H23ClN4O2/c1-14-11-18(15(2)26-14)20-23-22-19(27-20)13-25-9-7-24(8-10-25)12-16-3-5-17(21)6-4-16/h3-6,11H,7-10,12-13H2,1-2H3/p+2. The second kappa shape index (κ2) is 7.84. The number of halogens is 1. The van der Waals surface area contributed by atoms with Crippen molar-refractivity contribution in [2.75, 3.05) is 26.2 Å². The lowest BCUT2D eigenvalue weighted by atomic mass is 10.2. The zero-order valence-corrected chi connectivity index (χ0v) is 16.5. The Morgan fingerprint density at radius 1 is 0.926 bits per heavy atom. The highest BCUT2D eigenvalue weighted by atomic mass is 35.5. The van der Waals surface area contributed by atoms with Crippen molar-refractivity contribution >= 4 is 11.6 Å². The van der Waals surface area contributed by atoms with E-state index in [-0.39, 0.29) is 0 Å². The van der Waals surface area contributed by atoms with Gasteiger partial charge >= 0.3 is 0 Å². The number of hydrogen-bond acceptors (Lipinski definition) is 4. The summed E-state index contributed by atoms with van der Waals surface area (Å²) >= 11 is 5.97. The van der Waals surface area contributed by atoms with Gasteiger partial charge in [-0.1, -0.05) is 23.7 Å². The average Bonchev–Trinajstić information content (AvgIpc) is 3.24. The van der Waals surface area contributed by atoms with E-state index in [9.17, 15) is 0 Å². The lowest BCUT2D eigenvalue weighted by Crippen LogP contribution is -3.27. The van der Waals surface area contributed by atoms with Gasteiger partial charge in [-0.25, -0.2) is 0 Å². The number of nitrogens with zero attached hydrogens (tertiary/aromatic N) is 2. The fourth-order valence-electron chi connectivity index (χ4n) is 3.69. The van der Waals surface area contributed by atoms with Gasteiger partial charge < -0.3 is 18.6 Å². The molecule has 3 heterocycles. The number of nitrogens with one attached hydrogen (secondary N) is 2. The van der Waals surface area contributed by atoms with Crippen molar-refractivity contribution in [2.45, 2.75) is 26.9 Å². The number of piperazine rings is 1. The zero-order chi connectivity index (χ0) is 18.8. The maximum Gasteiger partial charge on any atom is 0.271 e. The Morgan fingerprint density at radius 2 is 1.59 bits per heavy atom. The van der Waals surface area contributed by atoms with Crippen molar-refractivity contribution in [1.29, 1.82) is 0 Å². The van der Waals surface area contributed by atoms with Crippen LogP contribution in [0.5, 0.6) is 0 Å². The topological polar surface area (TPSA) is 60.9 Å². The Morgan fingerprint density at radius 3 is 2.22 bits per heavy atom. The van der Waals surface area contributed by atoms with Crippen LogP contribution >= 0.6 is 11.6 Å². The molecule has 0 atom stereocenters. The van der Waals surface area contributed by atoms with E-state index in [0.717, 1.165) is 61.4 Å². The number of hydrogen-bond donors (Lipinski definition) is 2. The SMILES string of the molecule is Cc1cc(-c2nnc(C[NH+]3CC[NH+](Cc4ccc(Cl)cc4)CC3)o2)c(C)o1. The lowest BCUT2D eigenvalue weighted by Gasteiger charge is -2.29. The summed E-state index contributed by atoms with van der Waals surface area (Å²) in [4.78, 5) is 3.10. The van der Waals surface area contributed by atoms with Gasteiger partial charge in [0.05, 0.1) is 5.56 Å². The van der Waals surface area contributed by atoms with Crippen molar-refractivity contribution in [3.05, 3.63) is 58.3 Å². The first-order valence-electron chi connectivity index (χ1n) is 9.38. The zero-order valence-electron chi connectivity index (χ0n) is 15.7. The monoisotopic (exact) mass is 388 g/mol. The quantitative estimate of drug-likeness (QED) is 0.686. The summed E-state index contributed by atoms with van der Waals surface area (Å²) in [5, 5.41) is 9.23. The van der Waals surface area contributed by atoms with E-state index in [1.807, 2.05) is 32.0 Å². The van der Waals surface area contributed by atoms with E-state index in [0.29, 0.717) is 11.8 Å². The van der Waals surface area contributed by atoms with Crippen molar-refractivity contribution in [2.24, 2.45) is 0 Å². The van der Waals surface area contributed by atoms with Crippen molar-refractivity contribution in [1.82, 2.24) is 10.2 Å². The second-order valence-corrected chi connectivity index (χ2v) is 7.74. The molecule has 6 nitrogen and oxygen atoms in total. The molecular formula is C20H25ClN4O2+2. The van der Waals surface area contributed by atoms with Crippen LogP contribution in [0.25, 0.3) is 11.5 Å². The van der Waals surface area contributed by atoms with Crippen LogP contribution in [0.4, 0.5) is 0 Å². The highest BCUT2D eigenvalue weighted by molar-refractivity contribution is 6.30. The van der Waals surface area contributed by atoms with Gasteiger partial charge in [-0.15, -0.1) is 10.2 Å². The third-order valence-electron chi connectivity index (χ3n) is 5.17. The molecule has 0 spiro atoms. The van der Waals surface area contributed by atoms with Crippen LogP contribution in [-0.2, 0) is 13.1 Å². The van der Waals surface area contributed by atoms with Crippen molar-refractivity contribution < 1.29 is 18.6 Å². The highest BCUT2D eigenvalue weighted by Gasteiger charge is 2.25. The Labute approximate surface area is 163 Å². The van der Waals surface area contributed by atoms with Gasteiger partial charge in [0.1, 0.15) is 44.2 Å². The normalized spacial score (nSPS) is 20.1. The fraction of sp³-hybridized carbons (Fsp3) is 0.400. The molecule has 0 bridgehead atoms. The van der Waals surface area contributed by atoms with E-state index < -0.39 is 0 Å². The molecule has 1 saturated heterocycles. The molecule has 27 heavy (non-hydrogen) atoms. The maximum atomic E-state index is 5.97. The predicted molar refractivity (Wildman–Crippen MR) is 102 cm³/mol. The molecule has 0 unspecified atom stereocenters. The van der Waals surface area contributed by atoms with Crippen molar-refractivity contribution in [3.8, 4) is 11.5 Å². The van der Waals surface area contributed by atoms with E-state index >= 15 is 0 Å². The summed E-state index contributed by atoms with van der Waals surface area (Å²) in [6.45, 7) is 10.1. The van der Waals surface area contributed by atoms with Crippen LogP contribution in [0.1, 0.15) is 23.0 Å². The van der Waals surface area contributed by atoms with Crippen LogP contribution in [0.2, 0.25) is 5.02 Å². The minimum atomic E-state index is 0.547. The number of aryl methyl sites for hydroxylation is 2. The summed E-state index contributed by atoms with van der Waals surface area (Å²) < 4.78 is 11.4. The molecule has 2 N–H and O–H groups in total. The molecule has 1 aromatic carbocycles. The Bertz CT molecular complexity index is 895. The molecule has 142 valence electrons. The summed E-state index contributed by atoms with van der Waals surface area (Å²) in [5.41, 5.74) is 2.23. The van der Waals surface area contributed by atoms with Crippen LogP contribution in [0.15, 0.2) is 39.2 Å². The fourth-order valence-corrected chi connectivity index (χ4v) is 3.82. The van der Waals surface area contributed by atoms with Gasteiger partial charge in [0.25, 0.3) is 11.8 Å². The Balaban J connectivity index is 1.30. The number of furan rings is 1.